The van der Waals surface area contributed by atoms with Crippen LogP contribution in [0.4, 0.5) is 13.2 Å². The second-order valence-corrected chi connectivity index (χ2v) is 6.16. The van der Waals surface area contributed by atoms with Crippen molar-refractivity contribution >= 4 is 5.91 Å². The largest absolute Gasteiger partial charge is 0.416 e. The number of alkyl halides is 3. The van der Waals surface area contributed by atoms with Gasteiger partial charge < -0.3 is 10.2 Å². The maximum Gasteiger partial charge on any atom is 0.416 e. The van der Waals surface area contributed by atoms with Gasteiger partial charge in [0.25, 0.3) is 0 Å². The van der Waals surface area contributed by atoms with Crippen molar-refractivity contribution < 1.29 is 18.0 Å². The number of piperazine rings is 1. The van der Waals surface area contributed by atoms with E-state index in [1.54, 1.807) is 6.07 Å². The van der Waals surface area contributed by atoms with Crippen molar-refractivity contribution in [1.82, 2.24) is 10.2 Å². The SMILES string of the molecule is C[C@@H]1CNCCN1C(=O)[C@@H]1C[C@H]1c1cccc(C(F)(F)F)c1. The molecular weight excluding hydrogens is 293 g/mol. The highest BCUT2D eigenvalue weighted by Crippen LogP contribution is 2.49. The minimum atomic E-state index is -4.34. The lowest BCUT2D eigenvalue weighted by atomic mass is 10.0. The van der Waals surface area contributed by atoms with E-state index in [9.17, 15) is 18.0 Å². The van der Waals surface area contributed by atoms with Crippen molar-refractivity contribution in [3.05, 3.63) is 35.4 Å². The number of nitrogens with zero attached hydrogens (tertiary/aromatic N) is 1. The summed E-state index contributed by atoms with van der Waals surface area (Å²) in [6.45, 7) is 4.21. The normalized spacial score (nSPS) is 28.5. The Bertz CT molecular complexity index is 573. The van der Waals surface area contributed by atoms with Crippen LogP contribution in [0.5, 0.6) is 0 Å². The van der Waals surface area contributed by atoms with Gasteiger partial charge in [-0.3, -0.25) is 4.79 Å². The topological polar surface area (TPSA) is 32.3 Å². The molecule has 3 atom stereocenters. The van der Waals surface area contributed by atoms with Crippen molar-refractivity contribution in [3.8, 4) is 0 Å². The first-order chi connectivity index (χ1) is 10.4. The van der Waals surface area contributed by atoms with Crippen LogP contribution < -0.4 is 5.32 Å². The smallest absolute Gasteiger partial charge is 0.337 e. The molecule has 3 rings (SSSR count). The number of halogens is 3. The van der Waals surface area contributed by atoms with Crippen molar-refractivity contribution in [2.75, 3.05) is 19.6 Å². The van der Waals surface area contributed by atoms with Crippen LogP contribution in [0, 0.1) is 5.92 Å². The molecule has 0 unspecified atom stereocenters. The zero-order valence-corrected chi connectivity index (χ0v) is 12.4. The van der Waals surface area contributed by atoms with Crippen LogP contribution in [0.25, 0.3) is 0 Å². The molecule has 0 spiro atoms. The van der Waals surface area contributed by atoms with Crippen LogP contribution >= 0.6 is 0 Å². The lowest BCUT2D eigenvalue weighted by molar-refractivity contribution is -0.137. The molecule has 1 saturated heterocycles. The van der Waals surface area contributed by atoms with E-state index in [0.29, 0.717) is 18.5 Å². The molecule has 1 amide bonds. The van der Waals surface area contributed by atoms with Crippen molar-refractivity contribution in [3.63, 3.8) is 0 Å². The monoisotopic (exact) mass is 312 g/mol. The number of carbonyl (C=O) groups excluding carboxylic acids is 1. The number of amides is 1. The Morgan fingerprint density at radius 2 is 2.14 bits per heavy atom. The molecule has 2 fully saturated rings. The van der Waals surface area contributed by atoms with Gasteiger partial charge in [0.1, 0.15) is 0 Å². The zero-order valence-electron chi connectivity index (χ0n) is 12.4. The van der Waals surface area contributed by atoms with Crippen molar-refractivity contribution in [2.45, 2.75) is 31.5 Å². The van der Waals surface area contributed by atoms with Gasteiger partial charge in [-0.25, -0.2) is 0 Å². The highest BCUT2D eigenvalue weighted by Gasteiger charge is 2.47. The van der Waals surface area contributed by atoms with E-state index in [1.165, 1.54) is 12.1 Å². The quantitative estimate of drug-likeness (QED) is 0.910. The Hall–Kier alpha value is -1.56. The second-order valence-electron chi connectivity index (χ2n) is 6.16. The fourth-order valence-corrected chi connectivity index (χ4v) is 3.16. The molecule has 1 saturated carbocycles. The van der Waals surface area contributed by atoms with Gasteiger partial charge >= 0.3 is 6.18 Å². The fraction of sp³-hybridized carbons (Fsp3) is 0.562. The summed E-state index contributed by atoms with van der Waals surface area (Å²) in [7, 11) is 0. The summed E-state index contributed by atoms with van der Waals surface area (Å²) >= 11 is 0. The minimum absolute atomic E-state index is 0.0723. The second kappa shape index (κ2) is 5.57. The molecule has 0 radical (unpaired) electrons. The van der Waals surface area contributed by atoms with E-state index in [4.69, 9.17) is 0 Å². The summed E-state index contributed by atoms with van der Waals surface area (Å²) in [6.07, 6.45) is -3.69. The summed E-state index contributed by atoms with van der Waals surface area (Å²) in [6, 6.07) is 5.50. The van der Waals surface area contributed by atoms with Crippen molar-refractivity contribution in [2.24, 2.45) is 5.92 Å². The van der Waals surface area contributed by atoms with E-state index in [1.807, 2.05) is 11.8 Å². The Kier molecular flexibility index (Phi) is 3.89. The molecule has 6 heteroatoms. The first-order valence-electron chi connectivity index (χ1n) is 7.56. The highest BCUT2D eigenvalue weighted by atomic mass is 19.4. The third kappa shape index (κ3) is 2.97. The highest BCUT2D eigenvalue weighted by molar-refractivity contribution is 5.83. The number of benzene rings is 1. The summed E-state index contributed by atoms with van der Waals surface area (Å²) in [5, 5.41) is 3.23. The molecular formula is C16H19F3N2O. The Morgan fingerprint density at radius 1 is 1.36 bits per heavy atom. The van der Waals surface area contributed by atoms with Gasteiger partial charge in [-0.1, -0.05) is 18.2 Å². The van der Waals surface area contributed by atoms with E-state index in [-0.39, 0.29) is 23.8 Å². The molecule has 3 nitrogen and oxygen atoms in total. The molecule has 1 heterocycles. The van der Waals surface area contributed by atoms with Crippen LogP contribution in [0.2, 0.25) is 0 Å². The molecule has 2 aliphatic rings. The standard InChI is InChI=1S/C16H19F3N2O/c1-10-9-20-5-6-21(10)15(22)14-8-13(14)11-3-2-4-12(7-11)16(17,18)19/h2-4,7,10,13-14,20H,5-6,8-9H2,1H3/t10-,13+,14-/m1/s1. The number of hydrogen-bond donors (Lipinski definition) is 1. The van der Waals surface area contributed by atoms with Gasteiger partial charge in [0.05, 0.1) is 5.56 Å². The van der Waals surface area contributed by atoms with Gasteiger partial charge in [-0.05, 0) is 30.9 Å². The minimum Gasteiger partial charge on any atom is -0.337 e. The van der Waals surface area contributed by atoms with E-state index >= 15 is 0 Å². The predicted molar refractivity (Wildman–Crippen MR) is 76.3 cm³/mol. The van der Waals surface area contributed by atoms with Gasteiger partial charge in [-0.15, -0.1) is 0 Å². The van der Waals surface area contributed by atoms with Gasteiger partial charge in [0.15, 0.2) is 0 Å². The maximum atomic E-state index is 12.8. The van der Waals surface area contributed by atoms with Crippen LogP contribution in [-0.4, -0.2) is 36.5 Å². The summed E-state index contributed by atoms with van der Waals surface area (Å²) in [5.74, 6) is -0.155. The summed E-state index contributed by atoms with van der Waals surface area (Å²) in [5.41, 5.74) is -0.0189. The van der Waals surface area contributed by atoms with E-state index in [0.717, 1.165) is 19.2 Å². The maximum absolute atomic E-state index is 12.8. The molecule has 1 aromatic rings. The zero-order chi connectivity index (χ0) is 15.9. The number of rotatable bonds is 2. The van der Waals surface area contributed by atoms with Crippen LogP contribution in [0.15, 0.2) is 24.3 Å². The number of nitrogens with one attached hydrogen (secondary N) is 1. The van der Waals surface area contributed by atoms with Crippen molar-refractivity contribution in [1.29, 1.82) is 0 Å². The molecule has 1 N–H and O–H groups in total. The lowest BCUT2D eigenvalue weighted by Gasteiger charge is -2.34. The summed E-state index contributed by atoms with van der Waals surface area (Å²) in [4.78, 5) is 14.4. The first kappa shape index (κ1) is 15.3. The number of hydrogen-bond acceptors (Lipinski definition) is 2. The molecule has 120 valence electrons. The van der Waals surface area contributed by atoms with Gasteiger partial charge in [0, 0.05) is 31.6 Å². The molecule has 1 aromatic carbocycles. The lowest BCUT2D eigenvalue weighted by Crippen LogP contribution is -2.52. The molecule has 22 heavy (non-hydrogen) atoms. The summed E-state index contributed by atoms with van der Waals surface area (Å²) < 4.78 is 38.3. The Labute approximate surface area is 127 Å². The average Bonchev–Trinajstić information content (AvgIpc) is 3.27. The van der Waals surface area contributed by atoms with Crippen LogP contribution in [0.3, 0.4) is 0 Å². The van der Waals surface area contributed by atoms with E-state index < -0.39 is 11.7 Å². The Balaban J connectivity index is 1.70. The Morgan fingerprint density at radius 3 is 2.82 bits per heavy atom. The van der Waals surface area contributed by atoms with Crippen LogP contribution in [0.1, 0.15) is 30.4 Å². The van der Waals surface area contributed by atoms with Gasteiger partial charge in [0.2, 0.25) is 5.91 Å². The van der Waals surface area contributed by atoms with Gasteiger partial charge in [-0.2, -0.15) is 13.2 Å². The first-order valence-corrected chi connectivity index (χ1v) is 7.56. The average molecular weight is 312 g/mol. The molecule has 1 aliphatic heterocycles. The predicted octanol–water partition coefficient (Wildman–Crippen LogP) is 2.63. The molecule has 0 aromatic heterocycles. The third-order valence-electron chi connectivity index (χ3n) is 4.53. The fourth-order valence-electron chi connectivity index (χ4n) is 3.16. The number of carbonyl (C=O) groups is 1. The van der Waals surface area contributed by atoms with E-state index in [2.05, 4.69) is 5.32 Å². The molecule has 0 bridgehead atoms. The molecule has 1 aliphatic carbocycles. The third-order valence-corrected chi connectivity index (χ3v) is 4.53. The van der Waals surface area contributed by atoms with Crippen LogP contribution in [-0.2, 0) is 11.0 Å².